The average Bonchev–Trinajstić information content (AvgIpc) is 2.32. The fourth-order valence-electron chi connectivity index (χ4n) is 1.30. The molecule has 100 valence electrons. The molecule has 0 fully saturated rings. The number of aromatic nitrogens is 1. The maximum atomic E-state index is 11.4. The fourth-order valence-corrected chi connectivity index (χ4v) is 2.91. The molecule has 2 rings (SSSR count). The van der Waals surface area contributed by atoms with E-state index in [4.69, 9.17) is 27.0 Å². The van der Waals surface area contributed by atoms with Crippen LogP contribution in [0.15, 0.2) is 45.9 Å². The summed E-state index contributed by atoms with van der Waals surface area (Å²) in [5.74, 6) is 0.159. The van der Waals surface area contributed by atoms with E-state index in [1.54, 1.807) is 18.2 Å². The molecule has 4 nitrogen and oxygen atoms in total. The highest BCUT2D eigenvalue weighted by molar-refractivity contribution is 9.10. The van der Waals surface area contributed by atoms with Gasteiger partial charge in [0.1, 0.15) is 10.6 Å². The van der Waals surface area contributed by atoms with Gasteiger partial charge in [0.25, 0.3) is 9.05 Å². The lowest BCUT2D eigenvalue weighted by atomic mass is 10.3. The second-order valence-corrected chi connectivity index (χ2v) is 7.28. The first-order valence-corrected chi connectivity index (χ1v) is 8.38. The van der Waals surface area contributed by atoms with Gasteiger partial charge in [-0.15, -0.1) is 0 Å². The third-order valence-corrected chi connectivity index (χ3v) is 4.22. The highest BCUT2D eigenvalue weighted by Crippen LogP contribution is 2.34. The average molecular weight is 383 g/mol. The van der Waals surface area contributed by atoms with Crippen molar-refractivity contribution >= 4 is 47.3 Å². The number of hydrogen-bond acceptors (Lipinski definition) is 4. The van der Waals surface area contributed by atoms with Crippen LogP contribution in [0.2, 0.25) is 5.02 Å². The van der Waals surface area contributed by atoms with Gasteiger partial charge in [0.2, 0.25) is 5.88 Å². The van der Waals surface area contributed by atoms with E-state index < -0.39 is 9.05 Å². The quantitative estimate of drug-likeness (QED) is 0.745. The Bertz CT molecular complexity index is 722. The van der Waals surface area contributed by atoms with Crippen molar-refractivity contribution < 1.29 is 13.2 Å². The molecule has 0 spiro atoms. The molecule has 0 unspecified atom stereocenters. The molecular weight excluding hydrogens is 377 g/mol. The second kappa shape index (κ2) is 5.66. The van der Waals surface area contributed by atoms with Gasteiger partial charge in [0, 0.05) is 21.4 Å². The molecule has 0 aliphatic rings. The molecule has 0 saturated carbocycles. The van der Waals surface area contributed by atoms with E-state index in [1.807, 2.05) is 0 Å². The highest BCUT2D eigenvalue weighted by atomic mass is 79.9. The molecule has 0 aliphatic carbocycles. The maximum Gasteiger partial charge on any atom is 0.266 e. The first-order chi connectivity index (χ1) is 8.88. The Kier molecular flexibility index (Phi) is 4.35. The zero-order valence-electron chi connectivity index (χ0n) is 9.18. The molecule has 1 heterocycles. The number of benzene rings is 1. The van der Waals surface area contributed by atoms with E-state index in [2.05, 4.69) is 20.9 Å². The van der Waals surface area contributed by atoms with Crippen LogP contribution in [0.25, 0.3) is 0 Å². The number of halogens is 3. The Hall–Kier alpha value is -0.820. The molecule has 0 saturated heterocycles. The van der Waals surface area contributed by atoms with Crippen LogP contribution >= 0.6 is 38.2 Å². The maximum absolute atomic E-state index is 11.4. The molecule has 0 bridgehead atoms. The Morgan fingerprint density at radius 3 is 2.63 bits per heavy atom. The van der Waals surface area contributed by atoms with Gasteiger partial charge in [-0.05, 0) is 30.3 Å². The lowest BCUT2D eigenvalue weighted by molar-refractivity contribution is 0.448. The van der Waals surface area contributed by atoms with Crippen LogP contribution in [0.1, 0.15) is 0 Å². The topological polar surface area (TPSA) is 56.3 Å². The minimum atomic E-state index is -3.94. The van der Waals surface area contributed by atoms with E-state index in [0.29, 0.717) is 5.02 Å². The van der Waals surface area contributed by atoms with Gasteiger partial charge in [-0.2, -0.15) is 0 Å². The Balaban J connectivity index is 2.44. The predicted octanol–water partition coefficient (Wildman–Crippen LogP) is 4.22. The molecule has 2 aromatic rings. The van der Waals surface area contributed by atoms with Crippen molar-refractivity contribution in [3.8, 4) is 11.6 Å². The van der Waals surface area contributed by atoms with Crippen molar-refractivity contribution in [2.75, 3.05) is 0 Å². The standard InChI is InChI=1S/C11H6BrCl2NO3S/c12-7-3-4-9(8(13)6-7)18-11-10(19(14,16)17)2-1-5-15-11/h1-6H. The number of hydrogen-bond donors (Lipinski definition) is 0. The lowest BCUT2D eigenvalue weighted by Gasteiger charge is -2.09. The predicted molar refractivity (Wildman–Crippen MR) is 76.5 cm³/mol. The van der Waals surface area contributed by atoms with Gasteiger partial charge in [-0.25, -0.2) is 13.4 Å². The van der Waals surface area contributed by atoms with Gasteiger partial charge in [0.15, 0.2) is 0 Å². The summed E-state index contributed by atoms with van der Waals surface area (Å²) in [5.41, 5.74) is 0. The molecule has 1 aromatic carbocycles. The van der Waals surface area contributed by atoms with E-state index in [1.165, 1.54) is 18.3 Å². The molecule has 0 aliphatic heterocycles. The Morgan fingerprint density at radius 1 is 1.26 bits per heavy atom. The number of nitrogens with zero attached hydrogens (tertiary/aromatic N) is 1. The molecule has 19 heavy (non-hydrogen) atoms. The number of pyridine rings is 1. The summed E-state index contributed by atoms with van der Waals surface area (Å²) < 4.78 is 28.9. The molecule has 0 atom stereocenters. The normalized spacial score (nSPS) is 11.3. The smallest absolute Gasteiger partial charge is 0.266 e. The van der Waals surface area contributed by atoms with Crippen LogP contribution in [0, 0.1) is 0 Å². The summed E-state index contributed by atoms with van der Waals surface area (Å²) in [6.45, 7) is 0. The van der Waals surface area contributed by atoms with Gasteiger partial charge >= 0.3 is 0 Å². The van der Waals surface area contributed by atoms with Crippen molar-refractivity contribution in [3.63, 3.8) is 0 Å². The van der Waals surface area contributed by atoms with Crippen LogP contribution < -0.4 is 4.74 Å². The highest BCUT2D eigenvalue weighted by Gasteiger charge is 2.19. The Morgan fingerprint density at radius 2 is 2.00 bits per heavy atom. The van der Waals surface area contributed by atoms with Crippen LogP contribution in [-0.2, 0) is 9.05 Å². The molecular formula is C11H6BrCl2NO3S. The van der Waals surface area contributed by atoms with E-state index in [9.17, 15) is 8.42 Å². The van der Waals surface area contributed by atoms with Crippen molar-refractivity contribution in [2.24, 2.45) is 0 Å². The summed E-state index contributed by atoms with van der Waals surface area (Å²) >= 11 is 9.24. The van der Waals surface area contributed by atoms with Crippen molar-refractivity contribution in [1.82, 2.24) is 4.98 Å². The zero-order valence-corrected chi connectivity index (χ0v) is 13.1. The lowest BCUT2D eigenvalue weighted by Crippen LogP contribution is -1.98. The first-order valence-electron chi connectivity index (χ1n) is 4.90. The summed E-state index contributed by atoms with van der Waals surface area (Å²) in [7, 11) is 1.36. The van der Waals surface area contributed by atoms with Gasteiger partial charge in [-0.1, -0.05) is 27.5 Å². The molecule has 8 heteroatoms. The fraction of sp³-hybridized carbons (Fsp3) is 0. The number of ether oxygens (including phenoxy) is 1. The third kappa shape index (κ3) is 3.60. The van der Waals surface area contributed by atoms with Crippen molar-refractivity contribution in [1.29, 1.82) is 0 Å². The third-order valence-electron chi connectivity index (χ3n) is 2.10. The largest absolute Gasteiger partial charge is 0.436 e. The van der Waals surface area contributed by atoms with E-state index in [-0.39, 0.29) is 16.5 Å². The van der Waals surface area contributed by atoms with Gasteiger partial charge in [-0.3, -0.25) is 0 Å². The van der Waals surface area contributed by atoms with Crippen molar-refractivity contribution in [3.05, 3.63) is 46.0 Å². The minimum Gasteiger partial charge on any atom is -0.436 e. The molecule has 0 amide bonds. The first kappa shape index (κ1) is 14.6. The van der Waals surface area contributed by atoms with E-state index >= 15 is 0 Å². The minimum absolute atomic E-state index is 0.123. The SMILES string of the molecule is O=S(=O)(Cl)c1cccnc1Oc1ccc(Br)cc1Cl. The molecule has 0 radical (unpaired) electrons. The van der Waals surface area contributed by atoms with Crippen molar-refractivity contribution in [2.45, 2.75) is 4.90 Å². The monoisotopic (exact) mass is 381 g/mol. The zero-order chi connectivity index (χ0) is 14.0. The van der Waals surface area contributed by atoms with Crippen LogP contribution in [-0.4, -0.2) is 13.4 Å². The number of rotatable bonds is 3. The van der Waals surface area contributed by atoms with Crippen LogP contribution in [0.5, 0.6) is 11.6 Å². The van der Waals surface area contributed by atoms with Crippen LogP contribution in [0.3, 0.4) is 0 Å². The summed E-state index contributed by atoms with van der Waals surface area (Å²) in [6.07, 6.45) is 1.40. The van der Waals surface area contributed by atoms with Gasteiger partial charge in [0.05, 0.1) is 5.02 Å². The molecule has 0 N–H and O–H groups in total. The second-order valence-electron chi connectivity index (χ2n) is 3.42. The van der Waals surface area contributed by atoms with Gasteiger partial charge < -0.3 is 4.74 Å². The summed E-state index contributed by atoms with van der Waals surface area (Å²) in [4.78, 5) is 3.64. The summed E-state index contributed by atoms with van der Waals surface area (Å²) in [5, 5.41) is 0.318. The summed E-state index contributed by atoms with van der Waals surface area (Å²) in [6, 6.07) is 7.67. The van der Waals surface area contributed by atoms with E-state index in [0.717, 1.165) is 4.47 Å². The molecule has 1 aromatic heterocycles. The van der Waals surface area contributed by atoms with Crippen LogP contribution in [0.4, 0.5) is 0 Å². The Labute approximate surface area is 127 Å².